The summed E-state index contributed by atoms with van der Waals surface area (Å²) in [5.74, 6) is 0.783. The lowest BCUT2D eigenvalue weighted by Gasteiger charge is -2.13. The van der Waals surface area contributed by atoms with Crippen LogP contribution in [0.1, 0.15) is 26.1 Å². The largest absolute Gasteiger partial charge is 0.383 e. The minimum atomic E-state index is 0.459. The van der Waals surface area contributed by atoms with Crippen molar-refractivity contribution in [2.75, 3.05) is 5.32 Å². The molecule has 5 nitrogen and oxygen atoms in total. The number of aromatic nitrogens is 4. The maximum atomic E-state index is 3.95. The molecule has 0 radical (unpaired) electrons. The Morgan fingerprint density at radius 2 is 2.24 bits per heavy atom. The molecule has 0 aliphatic carbocycles. The Morgan fingerprint density at radius 3 is 2.88 bits per heavy atom. The number of nitrogens with zero attached hydrogens (tertiary/aromatic N) is 4. The molecular weight excluding hydrogens is 214 g/mol. The molecule has 0 saturated heterocycles. The summed E-state index contributed by atoms with van der Waals surface area (Å²) in [7, 11) is 0. The molecule has 0 amide bonds. The third kappa shape index (κ3) is 2.61. The van der Waals surface area contributed by atoms with Crippen LogP contribution in [0.25, 0.3) is 5.69 Å². The van der Waals surface area contributed by atoms with Crippen LogP contribution < -0.4 is 5.32 Å². The van der Waals surface area contributed by atoms with E-state index in [0.717, 1.165) is 23.6 Å². The lowest BCUT2D eigenvalue weighted by atomic mass is 10.2. The van der Waals surface area contributed by atoms with Crippen molar-refractivity contribution in [3.05, 3.63) is 30.1 Å². The van der Waals surface area contributed by atoms with Gasteiger partial charge in [-0.3, -0.25) is 0 Å². The highest BCUT2D eigenvalue weighted by atomic mass is 15.5. The normalized spacial score (nSPS) is 12.4. The molecule has 2 rings (SSSR count). The zero-order valence-electron chi connectivity index (χ0n) is 10.4. The van der Waals surface area contributed by atoms with Crippen LogP contribution in [0.3, 0.4) is 0 Å². The molecule has 0 aliphatic heterocycles. The van der Waals surface area contributed by atoms with Gasteiger partial charge in [-0.05, 0) is 48.9 Å². The van der Waals surface area contributed by atoms with Crippen molar-refractivity contribution in [3.63, 3.8) is 0 Å². The first-order valence-electron chi connectivity index (χ1n) is 5.82. The Kier molecular flexibility index (Phi) is 3.37. The second kappa shape index (κ2) is 4.95. The van der Waals surface area contributed by atoms with E-state index in [1.807, 2.05) is 19.1 Å². The number of hydrogen-bond donors (Lipinski definition) is 1. The van der Waals surface area contributed by atoms with Crippen molar-refractivity contribution in [3.8, 4) is 5.69 Å². The van der Waals surface area contributed by atoms with Crippen molar-refractivity contribution >= 4 is 5.69 Å². The van der Waals surface area contributed by atoms with Gasteiger partial charge in [-0.1, -0.05) is 13.0 Å². The summed E-state index contributed by atoms with van der Waals surface area (Å²) in [5.41, 5.74) is 2.06. The van der Waals surface area contributed by atoms with E-state index in [2.05, 4.69) is 46.8 Å². The minimum absolute atomic E-state index is 0.459. The van der Waals surface area contributed by atoms with E-state index in [0.29, 0.717) is 6.04 Å². The fourth-order valence-corrected chi connectivity index (χ4v) is 1.58. The summed E-state index contributed by atoms with van der Waals surface area (Å²) < 4.78 is 1.72. The molecule has 0 bridgehead atoms. The summed E-state index contributed by atoms with van der Waals surface area (Å²) in [6.07, 6.45) is 1.09. The number of benzene rings is 1. The predicted molar refractivity (Wildman–Crippen MR) is 67.3 cm³/mol. The highest BCUT2D eigenvalue weighted by Crippen LogP contribution is 2.15. The standard InChI is InChI=1S/C12H17N5/c1-4-9(2)13-11-6-5-7-12(8-11)17-10(3)14-15-16-17/h5-9,13H,4H2,1-3H3. The molecule has 2 aromatic rings. The van der Waals surface area contributed by atoms with Gasteiger partial charge in [-0.25, -0.2) is 0 Å². The van der Waals surface area contributed by atoms with Crippen LogP contribution in [0.4, 0.5) is 5.69 Å². The lowest BCUT2D eigenvalue weighted by molar-refractivity contribution is 0.761. The zero-order valence-corrected chi connectivity index (χ0v) is 10.4. The van der Waals surface area contributed by atoms with E-state index in [1.165, 1.54) is 0 Å². The SMILES string of the molecule is CCC(C)Nc1cccc(-n2nnnc2C)c1. The van der Waals surface area contributed by atoms with Gasteiger partial charge in [0, 0.05) is 11.7 Å². The maximum absolute atomic E-state index is 3.95. The van der Waals surface area contributed by atoms with Gasteiger partial charge in [-0.2, -0.15) is 4.68 Å². The van der Waals surface area contributed by atoms with Crippen molar-refractivity contribution in [2.24, 2.45) is 0 Å². The molecule has 0 fully saturated rings. The highest BCUT2D eigenvalue weighted by Gasteiger charge is 2.05. The fraction of sp³-hybridized carbons (Fsp3) is 0.417. The zero-order chi connectivity index (χ0) is 12.3. The van der Waals surface area contributed by atoms with Gasteiger partial charge in [0.25, 0.3) is 0 Å². The van der Waals surface area contributed by atoms with Gasteiger partial charge in [0.15, 0.2) is 5.82 Å². The molecule has 1 aromatic heterocycles. The first-order chi connectivity index (χ1) is 8.20. The third-order valence-corrected chi connectivity index (χ3v) is 2.74. The average molecular weight is 231 g/mol. The molecule has 17 heavy (non-hydrogen) atoms. The Morgan fingerprint density at radius 1 is 1.41 bits per heavy atom. The number of hydrogen-bond acceptors (Lipinski definition) is 4. The molecule has 1 heterocycles. The summed E-state index contributed by atoms with van der Waals surface area (Å²) in [5, 5.41) is 14.9. The second-order valence-electron chi connectivity index (χ2n) is 4.14. The quantitative estimate of drug-likeness (QED) is 0.876. The number of nitrogens with one attached hydrogen (secondary N) is 1. The average Bonchev–Trinajstić information content (AvgIpc) is 2.75. The molecule has 1 unspecified atom stereocenters. The van der Waals surface area contributed by atoms with Gasteiger partial charge in [-0.15, -0.1) is 5.10 Å². The number of rotatable bonds is 4. The van der Waals surface area contributed by atoms with E-state index in [9.17, 15) is 0 Å². The summed E-state index contributed by atoms with van der Waals surface area (Å²) >= 11 is 0. The fourth-order valence-electron chi connectivity index (χ4n) is 1.58. The van der Waals surface area contributed by atoms with Gasteiger partial charge in [0.1, 0.15) is 0 Å². The summed E-state index contributed by atoms with van der Waals surface area (Å²) in [4.78, 5) is 0. The van der Waals surface area contributed by atoms with Crippen LogP contribution in [0.5, 0.6) is 0 Å². The van der Waals surface area contributed by atoms with E-state index in [-0.39, 0.29) is 0 Å². The Bertz CT molecular complexity index is 491. The van der Waals surface area contributed by atoms with E-state index in [4.69, 9.17) is 0 Å². The molecule has 1 aromatic carbocycles. The van der Waals surface area contributed by atoms with E-state index < -0.39 is 0 Å². The van der Waals surface area contributed by atoms with Crippen molar-refractivity contribution in [1.82, 2.24) is 20.2 Å². The van der Waals surface area contributed by atoms with Crippen LogP contribution in [0, 0.1) is 6.92 Å². The van der Waals surface area contributed by atoms with Gasteiger partial charge in [0.05, 0.1) is 5.69 Å². The predicted octanol–water partition coefficient (Wildman–Crippen LogP) is 2.18. The molecular formula is C12H17N5. The Balaban J connectivity index is 2.26. The van der Waals surface area contributed by atoms with Crippen molar-refractivity contribution < 1.29 is 0 Å². The Labute approximate surface area is 101 Å². The number of aryl methyl sites for hydroxylation is 1. The molecule has 0 saturated carbocycles. The number of tetrazole rings is 1. The lowest BCUT2D eigenvalue weighted by Crippen LogP contribution is -2.13. The topological polar surface area (TPSA) is 55.6 Å². The monoisotopic (exact) mass is 231 g/mol. The van der Waals surface area contributed by atoms with Crippen molar-refractivity contribution in [2.45, 2.75) is 33.2 Å². The van der Waals surface area contributed by atoms with E-state index in [1.54, 1.807) is 4.68 Å². The molecule has 1 N–H and O–H groups in total. The molecule has 5 heteroatoms. The minimum Gasteiger partial charge on any atom is -0.383 e. The highest BCUT2D eigenvalue weighted by molar-refractivity contribution is 5.51. The summed E-state index contributed by atoms with van der Waals surface area (Å²) in [6, 6.07) is 8.55. The first-order valence-corrected chi connectivity index (χ1v) is 5.82. The van der Waals surface area contributed by atoms with E-state index >= 15 is 0 Å². The first kappa shape index (κ1) is 11.6. The second-order valence-corrected chi connectivity index (χ2v) is 4.14. The summed E-state index contributed by atoms with van der Waals surface area (Å²) in [6.45, 7) is 6.21. The maximum Gasteiger partial charge on any atom is 0.153 e. The molecule has 1 atom stereocenters. The Hall–Kier alpha value is -1.91. The van der Waals surface area contributed by atoms with Crippen LogP contribution in [-0.2, 0) is 0 Å². The van der Waals surface area contributed by atoms with Crippen LogP contribution in [-0.4, -0.2) is 26.2 Å². The van der Waals surface area contributed by atoms with Crippen LogP contribution in [0.15, 0.2) is 24.3 Å². The van der Waals surface area contributed by atoms with Gasteiger partial charge < -0.3 is 5.32 Å². The van der Waals surface area contributed by atoms with Gasteiger partial charge in [0.2, 0.25) is 0 Å². The smallest absolute Gasteiger partial charge is 0.153 e. The molecule has 0 aliphatic rings. The van der Waals surface area contributed by atoms with Crippen LogP contribution in [0.2, 0.25) is 0 Å². The van der Waals surface area contributed by atoms with Crippen molar-refractivity contribution in [1.29, 1.82) is 0 Å². The van der Waals surface area contributed by atoms with Crippen LogP contribution >= 0.6 is 0 Å². The third-order valence-electron chi connectivity index (χ3n) is 2.74. The number of anilines is 1. The molecule has 90 valence electrons. The molecule has 0 spiro atoms. The van der Waals surface area contributed by atoms with Gasteiger partial charge >= 0.3 is 0 Å².